The highest BCUT2D eigenvalue weighted by Crippen LogP contribution is 2.27. The average molecular weight is 408 g/mol. The summed E-state index contributed by atoms with van der Waals surface area (Å²) >= 11 is 0. The van der Waals surface area contributed by atoms with Gasteiger partial charge in [-0.25, -0.2) is 0 Å². The Morgan fingerprint density at radius 2 is 1.82 bits per heavy atom. The van der Waals surface area contributed by atoms with Crippen LogP contribution >= 0.6 is 0 Å². The van der Waals surface area contributed by atoms with Gasteiger partial charge < -0.3 is 9.64 Å². The molecule has 0 bridgehead atoms. The number of piperazine rings is 1. The summed E-state index contributed by atoms with van der Waals surface area (Å²) in [5.74, 6) is 0.825. The summed E-state index contributed by atoms with van der Waals surface area (Å²) < 4.78 is 34.6. The van der Waals surface area contributed by atoms with E-state index in [4.69, 9.17) is 4.74 Å². The molecule has 4 rings (SSSR count). The van der Waals surface area contributed by atoms with Gasteiger partial charge in [-0.2, -0.15) is 17.0 Å². The van der Waals surface area contributed by atoms with Gasteiger partial charge in [0, 0.05) is 51.3 Å². The van der Waals surface area contributed by atoms with Gasteiger partial charge in [-0.05, 0) is 36.6 Å². The second-order valence-corrected chi connectivity index (χ2v) is 9.92. The van der Waals surface area contributed by atoms with Crippen molar-refractivity contribution in [2.45, 2.75) is 44.6 Å². The van der Waals surface area contributed by atoms with Crippen LogP contribution < -0.4 is 4.74 Å². The van der Waals surface area contributed by atoms with Crippen molar-refractivity contribution in [1.29, 1.82) is 0 Å². The van der Waals surface area contributed by atoms with Crippen molar-refractivity contribution >= 4 is 16.1 Å². The number of ether oxygens (including phenoxy) is 1. The predicted octanol–water partition coefficient (Wildman–Crippen LogP) is 1.89. The second kappa shape index (κ2) is 8.00. The van der Waals surface area contributed by atoms with E-state index in [2.05, 4.69) is 0 Å². The van der Waals surface area contributed by atoms with Crippen molar-refractivity contribution in [1.82, 2.24) is 13.5 Å². The third-order valence-electron chi connectivity index (χ3n) is 6.24. The second-order valence-electron chi connectivity index (χ2n) is 7.93. The molecule has 1 aromatic rings. The number of fused-ring (bicyclic) bond motifs is 1. The van der Waals surface area contributed by atoms with Crippen LogP contribution in [0.1, 0.15) is 48.0 Å². The van der Waals surface area contributed by atoms with E-state index in [0.717, 1.165) is 43.4 Å². The zero-order chi connectivity index (χ0) is 19.7. The van der Waals surface area contributed by atoms with Gasteiger partial charge in [0.05, 0.1) is 6.61 Å². The molecule has 8 heteroatoms. The minimum absolute atomic E-state index is 0.0348. The summed E-state index contributed by atoms with van der Waals surface area (Å²) in [5.41, 5.74) is 1.72. The van der Waals surface area contributed by atoms with Crippen molar-refractivity contribution in [3.63, 3.8) is 0 Å². The summed E-state index contributed by atoms with van der Waals surface area (Å²) in [6.45, 7) is 2.20. The van der Waals surface area contributed by atoms with Crippen LogP contribution in [0.25, 0.3) is 0 Å². The summed E-state index contributed by atoms with van der Waals surface area (Å²) in [6, 6.07) is 5.67. The van der Waals surface area contributed by atoms with Crippen molar-refractivity contribution in [3.05, 3.63) is 29.3 Å². The Morgan fingerprint density at radius 1 is 1.11 bits per heavy atom. The molecular weight excluding hydrogens is 378 g/mol. The lowest BCUT2D eigenvalue weighted by Crippen LogP contribution is -2.55. The Morgan fingerprint density at radius 3 is 2.54 bits per heavy atom. The maximum atomic E-state index is 13.0. The number of nitrogens with zero attached hydrogens (tertiary/aromatic N) is 3. The molecule has 1 aromatic carbocycles. The highest BCUT2D eigenvalue weighted by atomic mass is 32.2. The molecular formula is C20H29N3O4S. The molecule has 1 amide bonds. The molecule has 1 saturated carbocycles. The van der Waals surface area contributed by atoms with E-state index < -0.39 is 10.2 Å². The summed E-state index contributed by atoms with van der Waals surface area (Å²) in [5, 5.41) is 0. The van der Waals surface area contributed by atoms with Gasteiger partial charge in [0.15, 0.2) is 0 Å². The van der Waals surface area contributed by atoms with Crippen LogP contribution in [0.2, 0.25) is 0 Å². The number of carbonyl (C=O) groups is 1. The Kier molecular flexibility index (Phi) is 5.62. The molecule has 0 unspecified atom stereocenters. The largest absolute Gasteiger partial charge is 0.493 e. The molecule has 1 saturated heterocycles. The number of rotatable bonds is 4. The van der Waals surface area contributed by atoms with Crippen LogP contribution in [0.5, 0.6) is 5.75 Å². The highest BCUT2D eigenvalue weighted by Gasteiger charge is 2.35. The zero-order valence-corrected chi connectivity index (χ0v) is 17.3. The monoisotopic (exact) mass is 407 g/mol. The van der Waals surface area contributed by atoms with Crippen LogP contribution in [0, 0.1) is 0 Å². The van der Waals surface area contributed by atoms with Crippen LogP contribution in [-0.2, 0) is 16.6 Å². The lowest BCUT2D eigenvalue weighted by Gasteiger charge is -2.38. The van der Waals surface area contributed by atoms with E-state index in [9.17, 15) is 13.2 Å². The number of benzene rings is 1. The lowest BCUT2D eigenvalue weighted by molar-refractivity contribution is 0.0692. The van der Waals surface area contributed by atoms with Crippen molar-refractivity contribution < 1.29 is 17.9 Å². The minimum atomic E-state index is -3.47. The van der Waals surface area contributed by atoms with Gasteiger partial charge in [0.25, 0.3) is 16.1 Å². The molecule has 3 aliphatic rings. The van der Waals surface area contributed by atoms with Crippen LogP contribution in [0.15, 0.2) is 18.2 Å². The van der Waals surface area contributed by atoms with E-state index in [0.29, 0.717) is 38.3 Å². The normalized spacial score (nSPS) is 21.6. The molecule has 28 heavy (non-hydrogen) atoms. The van der Waals surface area contributed by atoms with Crippen LogP contribution in [-0.4, -0.2) is 73.7 Å². The Labute approximate surface area is 167 Å². The Balaban J connectivity index is 1.38. The molecule has 154 valence electrons. The third-order valence-corrected chi connectivity index (χ3v) is 8.29. The molecule has 2 fully saturated rings. The summed E-state index contributed by atoms with van der Waals surface area (Å²) in [6.07, 6.45) is 6.10. The van der Waals surface area contributed by atoms with Gasteiger partial charge in [0.2, 0.25) is 0 Å². The van der Waals surface area contributed by atoms with E-state index in [1.165, 1.54) is 10.7 Å². The van der Waals surface area contributed by atoms with Gasteiger partial charge >= 0.3 is 0 Å². The smallest absolute Gasteiger partial charge is 0.282 e. The highest BCUT2D eigenvalue weighted by molar-refractivity contribution is 7.86. The number of hydrogen-bond acceptors (Lipinski definition) is 4. The van der Waals surface area contributed by atoms with Gasteiger partial charge in [-0.3, -0.25) is 4.79 Å². The SMILES string of the molecule is CN(C1CCCCC1)S(=O)(=O)N1CCN(C(=O)c2ccc3c(c2)CCO3)CC1. The summed E-state index contributed by atoms with van der Waals surface area (Å²) in [4.78, 5) is 14.6. The maximum Gasteiger partial charge on any atom is 0.282 e. The topological polar surface area (TPSA) is 70.2 Å². The molecule has 0 radical (unpaired) electrons. The molecule has 7 nitrogen and oxygen atoms in total. The molecule has 1 aliphatic carbocycles. The number of amides is 1. The fourth-order valence-corrected chi connectivity index (χ4v) is 6.02. The van der Waals surface area contributed by atoms with Crippen molar-refractivity contribution in [2.24, 2.45) is 0 Å². The quantitative estimate of drug-likeness (QED) is 0.764. The van der Waals surface area contributed by atoms with Gasteiger partial charge in [0.1, 0.15) is 5.75 Å². The summed E-state index contributed by atoms with van der Waals surface area (Å²) in [7, 11) is -1.77. The van der Waals surface area contributed by atoms with Gasteiger partial charge in [-0.15, -0.1) is 0 Å². The number of hydrogen-bond donors (Lipinski definition) is 0. The first-order valence-corrected chi connectivity index (χ1v) is 11.6. The molecule has 0 spiro atoms. The molecule has 0 aromatic heterocycles. The fraction of sp³-hybridized carbons (Fsp3) is 0.650. The lowest BCUT2D eigenvalue weighted by atomic mass is 9.96. The van der Waals surface area contributed by atoms with Crippen LogP contribution in [0.4, 0.5) is 0 Å². The van der Waals surface area contributed by atoms with E-state index in [-0.39, 0.29) is 11.9 Å². The zero-order valence-electron chi connectivity index (χ0n) is 16.5. The first-order valence-electron chi connectivity index (χ1n) is 10.2. The van der Waals surface area contributed by atoms with Crippen molar-refractivity contribution in [3.8, 4) is 5.75 Å². The van der Waals surface area contributed by atoms with E-state index >= 15 is 0 Å². The Hall–Kier alpha value is -1.64. The molecule has 2 heterocycles. The van der Waals surface area contributed by atoms with E-state index in [1.807, 2.05) is 12.1 Å². The minimum Gasteiger partial charge on any atom is -0.493 e. The standard InChI is InChI=1S/C20H29N3O4S/c1-21(18-5-3-2-4-6-18)28(25,26)23-12-10-22(11-13-23)20(24)17-7-8-19-16(15-17)9-14-27-19/h7-8,15,18H,2-6,9-14H2,1H3. The first-order chi connectivity index (χ1) is 13.5. The fourth-order valence-electron chi connectivity index (χ4n) is 4.44. The van der Waals surface area contributed by atoms with Crippen LogP contribution in [0.3, 0.4) is 0 Å². The maximum absolute atomic E-state index is 13.0. The third kappa shape index (κ3) is 3.77. The number of carbonyl (C=O) groups excluding carboxylic acids is 1. The first kappa shape index (κ1) is 19.7. The van der Waals surface area contributed by atoms with Gasteiger partial charge in [-0.1, -0.05) is 19.3 Å². The van der Waals surface area contributed by atoms with Crippen molar-refractivity contribution in [2.75, 3.05) is 39.8 Å². The molecule has 0 atom stereocenters. The molecule has 0 N–H and O–H groups in total. The van der Waals surface area contributed by atoms with E-state index in [1.54, 1.807) is 22.3 Å². The molecule has 2 aliphatic heterocycles. The predicted molar refractivity (Wildman–Crippen MR) is 107 cm³/mol. The Bertz CT molecular complexity index is 828. The average Bonchev–Trinajstić information content (AvgIpc) is 3.21.